The van der Waals surface area contributed by atoms with Gasteiger partial charge in [0, 0.05) is 0 Å². The van der Waals surface area contributed by atoms with Crippen molar-refractivity contribution in [1.82, 2.24) is 0 Å². The van der Waals surface area contributed by atoms with Crippen molar-refractivity contribution in [2.45, 2.75) is 6.92 Å². The third-order valence-electron chi connectivity index (χ3n) is 1.18. The van der Waals surface area contributed by atoms with Crippen molar-refractivity contribution in [2.75, 3.05) is 13.2 Å². The number of rotatable bonds is 0. The van der Waals surface area contributed by atoms with E-state index in [0.717, 1.165) is 5.57 Å². The predicted octanol–water partition coefficient (Wildman–Crippen LogP) is 0.532. The molecule has 0 unspecified atom stereocenters. The van der Waals surface area contributed by atoms with E-state index in [-0.39, 0.29) is 12.4 Å². The number of hydrogen-bond donors (Lipinski definition) is 0. The highest BCUT2D eigenvalue weighted by atomic mass is 16.5. The van der Waals surface area contributed by atoms with E-state index in [1.807, 2.05) is 6.92 Å². The number of ether oxygens (including phenoxy) is 1. The Labute approximate surface area is 48.1 Å². The molecular formula is C6H8O2. The van der Waals surface area contributed by atoms with Gasteiger partial charge in [0.2, 0.25) is 0 Å². The molecule has 0 bridgehead atoms. The first-order chi connectivity index (χ1) is 3.80. The van der Waals surface area contributed by atoms with Gasteiger partial charge < -0.3 is 4.74 Å². The summed E-state index contributed by atoms with van der Waals surface area (Å²) in [6, 6.07) is 0. The lowest BCUT2D eigenvalue weighted by molar-refractivity contribution is -0.120. The Balaban J connectivity index is 2.67. The summed E-state index contributed by atoms with van der Waals surface area (Å²) in [7, 11) is 0. The van der Waals surface area contributed by atoms with E-state index in [2.05, 4.69) is 0 Å². The van der Waals surface area contributed by atoms with Crippen LogP contribution in [0.3, 0.4) is 0 Å². The maximum absolute atomic E-state index is 10.6. The lowest BCUT2D eigenvalue weighted by atomic mass is 10.2. The molecule has 2 heteroatoms. The highest BCUT2D eigenvalue weighted by Crippen LogP contribution is 2.00. The van der Waals surface area contributed by atoms with Gasteiger partial charge in [-0.05, 0) is 12.5 Å². The fourth-order valence-electron chi connectivity index (χ4n) is 0.563. The van der Waals surface area contributed by atoms with E-state index in [4.69, 9.17) is 4.74 Å². The van der Waals surface area contributed by atoms with E-state index in [1.54, 1.807) is 6.08 Å². The molecule has 0 saturated carbocycles. The third-order valence-corrected chi connectivity index (χ3v) is 1.18. The average Bonchev–Trinajstić information content (AvgIpc) is 1.77. The van der Waals surface area contributed by atoms with Gasteiger partial charge in [0.15, 0.2) is 5.78 Å². The largest absolute Gasteiger partial charge is 0.369 e. The van der Waals surface area contributed by atoms with Crippen LogP contribution < -0.4 is 0 Å². The van der Waals surface area contributed by atoms with Crippen LogP contribution in [0.15, 0.2) is 11.6 Å². The van der Waals surface area contributed by atoms with Crippen LogP contribution in [0, 0.1) is 0 Å². The second kappa shape index (κ2) is 2.09. The molecule has 0 atom stereocenters. The number of ketones is 1. The minimum atomic E-state index is 0.108. The molecule has 1 heterocycles. The van der Waals surface area contributed by atoms with E-state index in [9.17, 15) is 4.79 Å². The molecule has 0 saturated heterocycles. The van der Waals surface area contributed by atoms with Crippen molar-refractivity contribution < 1.29 is 9.53 Å². The van der Waals surface area contributed by atoms with Gasteiger partial charge in [-0.25, -0.2) is 0 Å². The second-order valence-corrected chi connectivity index (χ2v) is 1.83. The zero-order chi connectivity index (χ0) is 5.98. The highest BCUT2D eigenvalue weighted by molar-refractivity contribution is 5.96. The molecule has 0 aromatic heterocycles. The summed E-state index contributed by atoms with van der Waals surface area (Å²) in [6.45, 7) is 2.67. The SMILES string of the molecule is CC1=CCOCC1=O. The number of hydrogen-bond acceptors (Lipinski definition) is 2. The molecule has 1 aliphatic heterocycles. The van der Waals surface area contributed by atoms with Crippen LogP contribution in [0.1, 0.15) is 6.92 Å². The van der Waals surface area contributed by atoms with Crippen LogP contribution in [0.2, 0.25) is 0 Å². The van der Waals surface area contributed by atoms with Gasteiger partial charge in [-0.15, -0.1) is 0 Å². The molecule has 44 valence electrons. The zero-order valence-corrected chi connectivity index (χ0v) is 4.81. The molecule has 0 amide bonds. The first-order valence-corrected chi connectivity index (χ1v) is 2.58. The van der Waals surface area contributed by atoms with E-state index >= 15 is 0 Å². The monoisotopic (exact) mass is 112 g/mol. The van der Waals surface area contributed by atoms with Crippen LogP contribution in [0.4, 0.5) is 0 Å². The van der Waals surface area contributed by atoms with Crippen LogP contribution in [-0.2, 0) is 9.53 Å². The molecule has 0 aliphatic carbocycles. The fraction of sp³-hybridized carbons (Fsp3) is 0.500. The van der Waals surface area contributed by atoms with Gasteiger partial charge in [-0.3, -0.25) is 4.79 Å². The fourth-order valence-corrected chi connectivity index (χ4v) is 0.563. The van der Waals surface area contributed by atoms with Crippen LogP contribution >= 0.6 is 0 Å². The summed E-state index contributed by atoms with van der Waals surface area (Å²) >= 11 is 0. The topological polar surface area (TPSA) is 26.3 Å². The Morgan fingerprint density at radius 2 is 2.50 bits per heavy atom. The highest BCUT2D eigenvalue weighted by Gasteiger charge is 2.07. The maximum atomic E-state index is 10.6. The molecule has 0 fully saturated rings. The summed E-state index contributed by atoms with van der Waals surface area (Å²) in [5.74, 6) is 0.108. The van der Waals surface area contributed by atoms with Crippen molar-refractivity contribution in [3.63, 3.8) is 0 Å². The molecule has 0 N–H and O–H groups in total. The van der Waals surface area contributed by atoms with Gasteiger partial charge in [-0.2, -0.15) is 0 Å². The Hall–Kier alpha value is -0.630. The van der Waals surface area contributed by atoms with Crippen LogP contribution in [0.5, 0.6) is 0 Å². The first-order valence-electron chi connectivity index (χ1n) is 2.58. The number of carbonyl (C=O) groups is 1. The van der Waals surface area contributed by atoms with Crippen molar-refractivity contribution >= 4 is 5.78 Å². The molecule has 1 rings (SSSR count). The van der Waals surface area contributed by atoms with Gasteiger partial charge >= 0.3 is 0 Å². The quantitative estimate of drug-likeness (QED) is 0.457. The van der Waals surface area contributed by atoms with E-state index in [1.165, 1.54) is 0 Å². The summed E-state index contributed by atoms with van der Waals surface area (Å²) in [5, 5.41) is 0. The molecule has 0 spiro atoms. The molecule has 0 aromatic carbocycles. The Kier molecular flexibility index (Phi) is 1.44. The predicted molar refractivity (Wildman–Crippen MR) is 29.6 cm³/mol. The Morgan fingerprint density at radius 1 is 1.75 bits per heavy atom. The summed E-state index contributed by atoms with van der Waals surface area (Å²) in [4.78, 5) is 10.6. The van der Waals surface area contributed by atoms with Gasteiger partial charge in [0.25, 0.3) is 0 Å². The smallest absolute Gasteiger partial charge is 0.183 e. The van der Waals surface area contributed by atoms with E-state index in [0.29, 0.717) is 6.61 Å². The lowest BCUT2D eigenvalue weighted by Crippen LogP contribution is -2.15. The van der Waals surface area contributed by atoms with E-state index < -0.39 is 0 Å². The zero-order valence-electron chi connectivity index (χ0n) is 4.81. The lowest BCUT2D eigenvalue weighted by Gasteiger charge is -2.06. The normalized spacial score (nSPS) is 20.6. The molecule has 2 nitrogen and oxygen atoms in total. The minimum absolute atomic E-state index is 0.108. The third kappa shape index (κ3) is 0.954. The Morgan fingerprint density at radius 3 is 2.88 bits per heavy atom. The van der Waals surface area contributed by atoms with Crippen molar-refractivity contribution in [1.29, 1.82) is 0 Å². The minimum Gasteiger partial charge on any atom is -0.369 e. The van der Waals surface area contributed by atoms with Crippen molar-refractivity contribution in [3.05, 3.63) is 11.6 Å². The average molecular weight is 112 g/mol. The van der Waals surface area contributed by atoms with Crippen molar-refractivity contribution in [3.8, 4) is 0 Å². The summed E-state index contributed by atoms with van der Waals surface area (Å²) < 4.78 is 4.83. The molecular weight excluding hydrogens is 104 g/mol. The number of Topliss-reactive ketones (excluding diaryl/α,β-unsaturated/α-hetero) is 1. The molecule has 1 aliphatic rings. The maximum Gasteiger partial charge on any atom is 0.183 e. The molecule has 0 aromatic rings. The summed E-state index contributed by atoms with van der Waals surface area (Å²) in [6.07, 6.45) is 1.80. The van der Waals surface area contributed by atoms with Crippen molar-refractivity contribution in [2.24, 2.45) is 0 Å². The molecule has 8 heavy (non-hydrogen) atoms. The standard InChI is InChI=1S/C6H8O2/c1-5-2-3-8-4-6(5)7/h2H,3-4H2,1H3. The molecule has 0 radical (unpaired) electrons. The number of carbonyl (C=O) groups excluding carboxylic acids is 1. The van der Waals surface area contributed by atoms with Gasteiger partial charge in [-0.1, -0.05) is 6.08 Å². The van der Waals surface area contributed by atoms with Crippen LogP contribution in [0.25, 0.3) is 0 Å². The second-order valence-electron chi connectivity index (χ2n) is 1.83. The van der Waals surface area contributed by atoms with Gasteiger partial charge in [0.05, 0.1) is 6.61 Å². The first kappa shape index (κ1) is 5.51. The van der Waals surface area contributed by atoms with Gasteiger partial charge in [0.1, 0.15) is 6.61 Å². The van der Waals surface area contributed by atoms with Crippen LogP contribution in [-0.4, -0.2) is 19.0 Å². The Bertz CT molecular complexity index is 135. The summed E-state index contributed by atoms with van der Waals surface area (Å²) in [5.41, 5.74) is 0.830.